The first-order chi connectivity index (χ1) is 9.32. The molecule has 1 atom stereocenters. The lowest BCUT2D eigenvalue weighted by Gasteiger charge is -2.17. The molecule has 1 aromatic heterocycles. The molecule has 20 heavy (non-hydrogen) atoms. The topological polar surface area (TPSA) is 24.9 Å². The van der Waals surface area contributed by atoms with Gasteiger partial charge in [-0.1, -0.05) is 22.0 Å². The number of nitrogens with zero attached hydrogens (tertiary/aromatic N) is 1. The predicted octanol–water partition coefficient (Wildman–Crippen LogP) is 4.54. The molecule has 0 aliphatic heterocycles. The van der Waals surface area contributed by atoms with Crippen LogP contribution in [0.5, 0.6) is 0 Å². The summed E-state index contributed by atoms with van der Waals surface area (Å²) in [5.41, 5.74) is 1.94. The van der Waals surface area contributed by atoms with Crippen LogP contribution >= 0.6 is 27.3 Å². The number of nitrogens with one attached hydrogen (secondary N) is 1. The van der Waals surface area contributed by atoms with Crippen LogP contribution in [0.1, 0.15) is 27.1 Å². The summed E-state index contributed by atoms with van der Waals surface area (Å²) in [6, 6.07) is 5.41. The molecule has 0 aliphatic rings. The van der Waals surface area contributed by atoms with E-state index < -0.39 is 11.2 Å². The average Bonchev–Trinajstić information content (AvgIpc) is 2.82. The van der Waals surface area contributed by atoms with Crippen LogP contribution in [0.15, 0.2) is 28.9 Å². The number of aryl methyl sites for hydroxylation is 1. The summed E-state index contributed by atoms with van der Waals surface area (Å²) >= 11 is 4.04. The zero-order valence-electron chi connectivity index (χ0n) is 10.8. The highest BCUT2D eigenvalue weighted by Gasteiger charge is 2.35. The third kappa shape index (κ3) is 3.21. The van der Waals surface area contributed by atoms with Gasteiger partial charge in [0.15, 0.2) is 5.01 Å². The molecule has 2 nitrogen and oxygen atoms in total. The van der Waals surface area contributed by atoms with Gasteiger partial charge in [0, 0.05) is 15.5 Å². The molecule has 1 N–H and O–H groups in total. The summed E-state index contributed by atoms with van der Waals surface area (Å²) in [5, 5.41) is 2.23. The molecule has 0 amide bonds. The Kier molecular flexibility index (Phi) is 4.51. The number of alkyl halides is 3. The van der Waals surface area contributed by atoms with E-state index in [9.17, 15) is 13.2 Å². The van der Waals surface area contributed by atoms with Gasteiger partial charge < -0.3 is 5.32 Å². The molecule has 0 radical (unpaired) electrons. The maximum atomic E-state index is 12.6. The molecule has 0 spiro atoms. The fourth-order valence-electron chi connectivity index (χ4n) is 1.97. The summed E-state index contributed by atoms with van der Waals surface area (Å²) in [7, 11) is 1.72. The average molecular weight is 365 g/mol. The largest absolute Gasteiger partial charge is 0.443 e. The Morgan fingerprint density at radius 2 is 2.05 bits per heavy atom. The minimum Gasteiger partial charge on any atom is -0.309 e. The van der Waals surface area contributed by atoms with Crippen molar-refractivity contribution < 1.29 is 13.2 Å². The van der Waals surface area contributed by atoms with Crippen molar-refractivity contribution in [1.82, 2.24) is 10.3 Å². The van der Waals surface area contributed by atoms with Crippen LogP contribution in [0.2, 0.25) is 0 Å². The van der Waals surface area contributed by atoms with Crippen molar-refractivity contribution in [2.24, 2.45) is 0 Å². The fourth-order valence-corrected chi connectivity index (χ4v) is 3.35. The zero-order valence-corrected chi connectivity index (χ0v) is 13.2. The van der Waals surface area contributed by atoms with E-state index in [2.05, 4.69) is 26.2 Å². The standard InChI is InChI=1S/C13H12BrF3N2S/c1-7-5-8(14)3-4-9(7)11(18-2)10-6-19-12(20-10)13(15,16)17/h3-6,11,18H,1-2H3. The number of hydrogen-bond donors (Lipinski definition) is 1. The first-order valence-electron chi connectivity index (χ1n) is 5.79. The smallest absolute Gasteiger partial charge is 0.309 e. The molecular formula is C13H12BrF3N2S. The van der Waals surface area contributed by atoms with E-state index in [1.165, 1.54) is 6.20 Å². The Hall–Kier alpha value is -0.920. The van der Waals surface area contributed by atoms with Crippen LogP contribution in [0.4, 0.5) is 13.2 Å². The number of halogens is 4. The second-order valence-electron chi connectivity index (χ2n) is 4.29. The van der Waals surface area contributed by atoms with Crippen molar-refractivity contribution >= 4 is 27.3 Å². The van der Waals surface area contributed by atoms with Crippen LogP contribution in [0.3, 0.4) is 0 Å². The first-order valence-corrected chi connectivity index (χ1v) is 7.40. The van der Waals surface area contributed by atoms with E-state index in [0.29, 0.717) is 16.2 Å². The van der Waals surface area contributed by atoms with E-state index in [1.807, 2.05) is 25.1 Å². The highest BCUT2D eigenvalue weighted by Crippen LogP contribution is 2.36. The number of benzene rings is 1. The van der Waals surface area contributed by atoms with Crippen molar-refractivity contribution in [3.8, 4) is 0 Å². The number of rotatable bonds is 3. The highest BCUT2D eigenvalue weighted by atomic mass is 79.9. The lowest BCUT2D eigenvalue weighted by molar-refractivity contribution is -0.137. The maximum absolute atomic E-state index is 12.6. The Bertz CT molecular complexity index is 610. The van der Waals surface area contributed by atoms with E-state index in [4.69, 9.17) is 0 Å². The van der Waals surface area contributed by atoms with Gasteiger partial charge in [0.2, 0.25) is 0 Å². The van der Waals surface area contributed by atoms with Crippen LogP contribution in [-0.2, 0) is 6.18 Å². The summed E-state index contributed by atoms with van der Waals surface area (Å²) < 4.78 is 38.8. The van der Waals surface area contributed by atoms with Crippen LogP contribution in [-0.4, -0.2) is 12.0 Å². The lowest BCUT2D eigenvalue weighted by atomic mass is 10.0. The minimum atomic E-state index is -4.39. The Morgan fingerprint density at radius 3 is 2.55 bits per heavy atom. The molecule has 0 bridgehead atoms. The molecule has 7 heteroatoms. The van der Waals surface area contributed by atoms with E-state index in [-0.39, 0.29) is 6.04 Å². The van der Waals surface area contributed by atoms with E-state index in [1.54, 1.807) is 7.05 Å². The molecule has 2 rings (SSSR count). The first kappa shape index (κ1) is 15.5. The van der Waals surface area contributed by atoms with Gasteiger partial charge in [-0.2, -0.15) is 13.2 Å². The van der Waals surface area contributed by atoms with Crippen LogP contribution in [0, 0.1) is 6.92 Å². The normalized spacial score (nSPS) is 13.5. The van der Waals surface area contributed by atoms with Crippen molar-refractivity contribution in [2.45, 2.75) is 19.1 Å². The van der Waals surface area contributed by atoms with Crippen LogP contribution < -0.4 is 5.32 Å². The number of aromatic nitrogens is 1. The van der Waals surface area contributed by atoms with E-state index in [0.717, 1.165) is 15.6 Å². The molecule has 1 aromatic carbocycles. The summed E-state index contributed by atoms with van der Waals surface area (Å²) in [6.45, 7) is 1.93. The zero-order chi connectivity index (χ0) is 14.9. The second kappa shape index (κ2) is 5.83. The minimum absolute atomic E-state index is 0.295. The molecule has 2 aromatic rings. The SMILES string of the molecule is CNC(c1cnc(C(F)(F)F)s1)c1ccc(Br)cc1C. The van der Waals surface area contributed by atoms with Crippen molar-refractivity contribution in [2.75, 3.05) is 7.05 Å². The maximum Gasteiger partial charge on any atom is 0.443 e. The lowest BCUT2D eigenvalue weighted by Crippen LogP contribution is -2.17. The fraction of sp³-hybridized carbons (Fsp3) is 0.308. The summed E-state index contributed by atoms with van der Waals surface area (Å²) in [6.07, 6.45) is -3.11. The molecule has 108 valence electrons. The molecular weight excluding hydrogens is 353 g/mol. The van der Waals surface area contributed by atoms with Gasteiger partial charge in [-0.05, 0) is 37.2 Å². The molecule has 0 saturated carbocycles. The van der Waals surface area contributed by atoms with Crippen molar-refractivity contribution in [1.29, 1.82) is 0 Å². The van der Waals surface area contributed by atoms with Crippen molar-refractivity contribution in [3.05, 3.63) is 49.9 Å². The highest BCUT2D eigenvalue weighted by molar-refractivity contribution is 9.10. The number of hydrogen-bond acceptors (Lipinski definition) is 3. The van der Waals surface area contributed by atoms with E-state index >= 15 is 0 Å². The molecule has 1 unspecified atom stereocenters. The molecule has 0 aliphatic carbocycles. The summed E-state index contributed by atoms with van der Waals surface area (Å²) in [5.74, 6) is 0. The van der Waals surface area contributed by atoms with Gasteiger partial charge in [0.05, 0.1) is 6.04 Å². The monoisotopic (exact) mass is 364 g/mol. The summed E-state index contributed by atoms with van der Waals surface area (Å²) in [4.78, 5) is 4.02. The van der Waals surface area contributed by atoms with Gasteiger partial charge in [-0.3, -0.25) is 0 Å². The Labute approximate surface area is 127 Å². The van der Waals surface area contributed by atoms with Gasteiger partial charge in [0.25, 0.3) is 0 Å². The van der Waals surface area contributed by atoms with Gasteiger partial charge in [-0.15, -0.1) is 11.3 Å². The Balaban J connectivity index is 2.40. The second-order valence-corrected chi connectivity index (χ2v) is 6.27. The molecule has 0 saturated heterocycles. The van der Waals surface area contributed by atoms with Gasteiger partial charge >= 0.3 is 6.18 Å². The quantitative estimate of drug-likeness (QED) is 0.864. The number of thiazole rings is 1. The third-order valence-electron chi connectivity index (χ3n) is 2.88. The van der Waals surface area contributed by atoms with Crippen LogP contribution in [0.25, 0.3) is 0 Å². The Morgan fingerprint density at radius 1 is 1.35 bits per heavy atom. The van der Waals surface area contributed by atoms with Gasteiger partial charge in [0.1, 0.15) is 0 Å². The molecule has 1 heterocycles. The molecule has 0 fully saturated rings. The third-order valence-corrected chi connectivity index (χ3v) is 4.48. The van der Waals surface area contributed by atoms with Crippen molar-refractivity contribution in [3.63, 3.8) is 0 Å². The van der Waals surface area contributed by atoms with Gasteiger partial charge in [-0.25, -0.2) is 4.98 Å². The predicted molar refractivity (Wildman–Crippen MR) is 76.9 cm³/mol.